The summed E-state index contributed by atoms with van der Waals surface area (Å²) in [5.74, 6) is 0.485. The van der Waals surface area contributed by atoms with E-state index in [9.17, 15) is 4.79 Å². The summed E-state index contributed by atoms with van der Waals surface area (Å²) in [6, 6.07) is 8.11. The molecule has 3 rings (SSSR count). The number of hydrogen-bond donors (Lipinski definition) is 1. The van der Waals surface area contributed by atoms with Gasteiger partial charge in [0.1, 0.15) is 6.10 Å². The van der Waals surface area contributed by atoms with Crippen molar-refractivity contribution in [3.63, 3.8) is 0 Å². The summed E-state index contributed by atoms with van der Waals surface area (Å²) < 4.78 is 5.81. The van der Waals surface area contributed by atoms with Crippen LogP contribution in [0.15, 0.2) is 24.3 Å². The smallest absolute Gasteiger partial charge is 0.256 e. The van der Waals surface area contributed by atoms with E-state index < -0.39 is 0 Å². The van der Waals surface area contributed by atoms with Gasteiger partial charge in [0.25, 0.3) is 5.91 Å². The van der Waals surface area contributed by atoms with Crippen LogP contribution >= 0.6 is 0 Å². The maximum atomic E-state index is 13.0. The van der Waals surface area contributed by atoms with E-state index in [2.05, 4.69) is 24.9 Å². The van der Waals surface area contributed by atoms with Crippen molar-refractivity contribution in [3.8, 4) is 0 Å². The lowest BCUT2D eigenvalue weighted by atomic mass is 10.1. The van der Waals surface area contributed by atoms with E-state index in [0.29, 0.717) is 12.5 Å². The van der Waals surface area contributed by atoms with Crippen molar-refractivity contribution in [2.75, 3.05) is 36.5 Å². The van der Waals surface area contributed by atoms with E-state index in [4.69, 9.17) is 10.5 Å². The van der Waals surface area contributed by atoms with Crippen molar-refractivity contribution in [3.05, 3.63) is 24.3 Å². The monoisotopic (exact) mass is 303 g/mol. The zero-order chi connectivity index (χ0) is 15.7. The molecule has 5 heteroatoms. The van der Waals surface area contributed by atoms with Crippen LogP contribution in [-0.4, -0.2) is 44.8 Å². The molecule has 2 N–H and O–H groups in total. The summed E-state index contributed by atoms with van der Waals surface area (Å²) in [5.41, 5.74) is 7.75. The second kappa shape index (κ2) is 6.26. The third-order valence-corrected chi connectivity index (χ3v) is 4.58. The van der Waals surface area contributed by atoms with Crippen molar-refractivity contribution in [2.45, 2.75) is 32.0 Å². The SMILES string of the molecule is CC1CN(C)c2ccccc2N(C(=O)[C@@H]2CC[C@H](CN)O2)C1. The first kappa shape index (κ1) is 15.3. The molecule has 3 atom stereocenters. The number of nitrogens with zero attached hydrogens (tertiary/aromatic N) is 2. The lowest BCUT2D eigenvalue weighted by Crippen LogP contribution is -2.42. The first-order chi connectivity index (χ1) is 10.6. The van der Waals surface area contributed by atoms with Gasteiger partial charge in [0.2, 0.25) is 0 Å². The average molecular weight is 303 g/mol. The number of benzene rings is 1. The van der Waals surface area contributed by atoms with Gasteiger partial charge in [-0.05, 0) is 30.9 Å². The molecule has 2 aliphatic heterocycles. The number of carbonyl (C=O) groups excluding carboxylic acids is 1. The highest BCUT2D eigenvalue weighted by Crippen LogP contribution is 2.34. The Balaban J connectivity index is 1.88. The first-order valence-corrected chi connectivity index (χ1v) is 8.07. The van der Waals surface area contributed by atoms with Gasteiger partial charge in [-0.1, -0.05) is 19.1 Å². The topological polar surface area (TPSA) is 58.8 Å². The molecule has 1 aromatic rings. The molecule has 1 unspecified atom stereocenters. The Labute approximate surface area is 132 Å². The van der Waals surface area contributed by atoms with Gasteiger partial charge >= 0.3 is 0 Å². The molecule has 5 nitrogen and oxygen atoms in total. The number of ether oxygens (including phenoxy) is 1. The van der Waals surface area contributed by atoms with Gasteiger partial charge in [0, 0.05) is 26.7 Å². The number of fused-ring (bicyclic) bond motifs is 1. The van der Waals surface area contributed by atoms with Crippen molar-refractivity contribution in [1.82, 2.24) is 0 Å². The lowest BCUT2D eigenvalue weighted by Gasteiger charge is -2.27. The second-order valence-corrected chi connectivity index (χ2v) is 6.48. The third-order valence-electron chi connectivity index (χ3n) is 4.58. The molecular formula is C17H25N3O2. The normalized spacial score (nSPS) is 28.4. The molecule has 22 heavy (non-hydrogen) atoms. The Hall–Kier alpha value is -1.59. The van der Waals surface area contributed by atoms with Gasteiger partial charge < -0.3 is 20.3 Å². The highest BCUT2D eigenvalue weighted by Gasteiger charge is 2.35. The van der Waals surface area contributed by atoms with Gasteiger partial charge in [0.15, 0.2) is 0 Å². The number of anilines is 2. The van der Waals surface area contributed by atoms with Crippen LogP contribution in [0.5, 0.6) is 0 Å². The summed E-state index contributed by atoms with van der Waals surface area (Å²) in [6.07, 6.45) is 1.31. The molecule has 1 amide bonds. The number of para-hydroxylation sites is 2. The summed E-state index contributed by atoms with van der Waals surface area (Å²) in [6.45, 7) is 4.34. The van der Waals surface area contributed by atoms with Gasteiger partial charge in [-0.15, -0.1) is 0 Å². The summed E-state index contributed by atoms with van der Waals surface area (Å²) in [7, 11) is 2.08. The maximum absolute atomic E-state index is 13.0. The first-order valence-electron chi connectivity index (χ1n) is 8.07. The van der Waals surface area contributed by atoms with E-state index in [1.807, 2.05) is 23.1 Å². The van der Waals surface area contributed by atoms with E-state index in [-0.39, 0.29) is 18.1 Å². The van der Waals surface area contributed by atoms with Crippen LogP contribution in [0.25, 0.3) is 0 Å². The molecule has 1 aromatic carbocycles. The Bertz CT molecular complexity index is 548. The quantitative estimate of drug-likeness (QED) is 0.902. The molecule has 0 aliphatic carbocycles. The van der Waals surface area contributed by atoms with Gasteiger partial charge in [0.05, 0.1) is 17.5 Å². The molecule has 2 aliphatic rings. The predicted octanol–water partition coefficient (Wildman–Crippen LogP) is 1.61. The zero-order valence-electron chi connectivity index (χ0n) is 13.4. The van der Waals surface area contributed by atoms with Crippen molar-refractivity contribution in [2.24, 2.45) is 11.7 Å². The average Bonchev–Trinajstić information content (AvgIpc) is 2.96. The van der Waals surface area contributed by atoms with Gasteiger partial charge in [-0.2, -0.15) is 0 Å². The highest BCUT2D eigenvalue weighted by molar-refractivity contribution is 6.00. The molecule has 0 bridgehead atoms. The minimum absolute atomic E-state index is 0.0243. The van der Waals surface area contributed by atoms with Crippen molar-refractivity contribution < 1.29 is 9.53 Å². The molecule has 0 spiro atoms. The molecule has 1 saturated heterocycles. The number of nitrogens with two attached hydrogens (primary N) is 1. The summed E-state index contributed by atoms with van der Waals surface area (Å²) in [4.78, 5) is 17.1. The standard InChI is InChI=1S/C17H25N3O2/c1-12-10-19(2)14-5-3-4-6-15(14)20(11-12)17(21)16-8-7-13(9-18)22-16/h3-6,12-13,16H,7-11,18H2,1-2H3/t12?,13-,16+/m1/s1. The van der Waals surface area contributed by atoms with Crippen LogP contribution < -0.4 is 15.5 Å². The molecular weight excluding hydrogens is 278 g/mol. The summed E-state index contributed by atoms with van der Waals surface area (Å²) in [5, 5.41) is 0. The van der Waals surface area contributed by atoms with E-state index in [1.165, 1.54) is 0 Å². The lowest BCUT2D eigenvalue weighted by molar-refractivity contribution is -0.129. The molecule has 2 heterocycles. The Kier molecular flexibility index (Phi) is 4.36. The molecule has 0 aromatic heterocycles. The number of rotatable bonds is 2. The predicted molar refractivity (Wildman–Crippen MR) is 88.2 cm³/mol. The van der Waals surface area contributed by atoms with E-state index in [1.54, 1.807) is 0 Å². The maximum Gasteiger partial charge on any atom is 0.256 e. The van der Waals surface area contributed by atoms with Crippen LogP contribution in [0.2, 0.25) is 0 Å². The molecule has 1 fully saturated rings. The fourth-order valence-electron chi connectivity index (χ4n) is 3.49. The van der Waals surface area contributed by atoms with Crippen LogP contribution in [0.4, 0.5) is 11.4 Å². The van der Waals surface area contributed by atoms with Crippen LogP contribution in [-0.2, 0) is 9.53 Å². The zero-order valence-corrected chi connectivity index (χ0v) is 13.4. The largest absolute Gasteiger partial charge is 0.373 e. The Morgan fingerprint density at radius 3 is 2.68 bits per heavy atom. The number of amides is 1. The van der Waals surface area contributed by atoms with Gasteiger partial charge in [-0.3, -0.25) is 4.79 Å². The Morgan fingerprint density at radius 2 is 2.00 bits per heavy atom. The Morgan fingerprint density at radius 1 is 1.27 bits per heavy atom. The fourth-order valence-corrected chi connectivity index (χ4v) is 3.49. The van der Waals surface area contributed by atoms with E-state index >= 15 is 0 Å². The van der Waals surface area contributed by atoms with Crippen LogP contribution in [0.1, 0.15) is 19.8 Å². The van der Waals surface area contributed by atoms with Crippen LogP contribution in [0.3, 0.4) is 0 Å². The third kappa shape index (κ3) is 2.83. The molecule has 120 valence electrons. The number of carbonyl (C=O) groups is 1. The van der Waals surface area contributed by atoms with Crippen LogP contribution in [0, 0.1) is 5.92 Å². The molecule has 0 saturated carbocycles. The van der Waals surface area contributed by atoms with Crippen molar-refractivity contribution in [1.29, 1.82) is 0 Å². The van der Waals surface area contributed by atoms with E-state index in [0.717, 1.165) is 37.3 Å². The minimum atomic E-state index is -0.350. The molecule has 0 radical (unpaired) electrons. The number of hydrogen-bond acceptors (Lipinski definition) is 4. The second-order valence-electron chi connectivity index (χ2n) is 6.48. The minimum Gasteiger partial charge on any atom is -0.373 e. The highest BCUT2D eigenvalue weighted by atomic mass is 16.5. The summed E-state index contributed by atoms with van der Waals surface area (Å²) >= 11 is 0. The fraction of sp³-hybridized carbons (Fsp3) is 0.588. The van der Waals surface area contributed by atoms with Crippen molar-refractivity contribution >= 4 is 17.3 Å². The van der Waals surface area contributed by atoms with Gasteiger partial charge in [-0.25, -0.2) is 0 Å².